The topological polar surface area (TPSA) is 21.1 Å². The van der Waals surface area contributed by atoms with Crippen LogP contribution in [0.5, 0.6) is 0 Å². The minimum atomic E-state index is -1.53. The van der Waals surface area contributed by atoms with Crippen molar-refractivity contribution in [1.29, 1.82) is 0 Å². The van der Waals surface area contributed by atoms with Crippen LogP contribution in [0.1, 0.15) is 44.9 Å². The largest absolute Gasteiger partial charge is 1.00 e. The molecule has 2 rings (SSSR count). The standard InChI is InChI=1S/C13H20FIN3.K/c1-7(2)18-11(15)10(5)17-9(4)8(3)16-12(17)13(18,6)14;/h7,11H,1-6H3;/q-1;+1. The van der Waals surface area contributed by atoms with Crippen LogP contribution < -0.4 is 51.4 Å². The number of hydrogen-bond donors (Lipinski definition) is 0. The predicted molar refractivity (Wildman–Crippen MR) is 79.3 cm³/mol. The van der Waals surface area contributed by atoms with E-state index in [-0.39, 0.29) is 61.5 Å². The van der Waals surface area contributed by atoms with Crippen LogP contribution >= 0.6 is 22.6 Å². The van der Waals surface area contributed by atoms with E-state index >= 15 is 4.39 Å². The first kappa shape index (κ1) is 18.4. The maximum atomic E-state index is 15.2. The predicted octanol–water partition coefficient (Wildman–Crippen LogP) is 0.531. The van der Waals surface area contributed by atoms with Crippen molar-refractivity contribution in [1.82, 2.24) is 14.5 Å². The number of imidazole rings is 1. The van der Waals surface area contributed by atoms with Crippen molar-refractivity contribution >= 4 is 22.6 Å². The summed E-state index contributed by atoms with van der Waals surface area (Å²) in [6.07, 6.45) is 0. The molecule has 1 aromatic heterocycles. The summed E-state index contributed by atoms with van der Waals surface area (Å²) in [5.41, 5.74) is 1.94. The van der Waals surface area contributed by atoms with Crippen molar-refractivity contribution in [3.8, 4) is 0 Å². The van der Waals surface area contributed by atoms with Gasteiger partial charge in [-0.15, -0.1) is 0 Å². The Morgan fingerprint density at radius 3 is 2.42 bits per heavy atom. The van der Waals surface area contributed by atoms with Crippen molar-refractivity contribution in [2.75, 3.05) is 0 Å². The molecule has 0 saturated heterocycles. The fourth-order valence-corrected chi connectivity index (χ4v) is 4.18. The molecule has 3 nitrogen and oxygen atoms in total. The minimum absolute atomic E-state index is 0. The molecule has 2 atom stereocenters. The van der Waals surface area contributed by atoms with Crippen LogP contribution in [0.3, 0.4) is 0 Å². The summed E-state index contributed by atoms with van der Waals surface area (Å²) in [4.78, 5) is 6.32. The van der Waals surface area contributed by atoms with E-state index in [0.29, 0.717) is 5.82 Å². The van der Waals surface area contributed by atoms with Gasteiger partial charge in [-0.25, -0.2) is 4.39 Å². The third-order valence-electron chi connectivity index (χ3n) is 3.74. The Bertz CT molecular complexity index is 473. The Kier molecular flexibility index (Phi) is 6.02. The van der Waals surface area contributed by atoms with Crippen molar-refractivity contribution in [2.45, 2.75) is 57.4 Å². The summed E-state index contributed by atoms with van der Waals surface area (Å²) in [5.74, 6) is -1.02. The molecule has 0 fully saturated rings. The number of halogens is 2. The molecule has 6 heteroatoms. The van der Waals surface area contributed by atoms with E-state index in [1.54, 1.807) is 6.92 Å². The van der Waals surface area contributed by atoms with E-state index in [4.69, 9.17) is 0 Å². The zero-order valence-electron chi connectivity index (χ0n) is 12.8. The van der Waals surface area contributed by atoms with Gasteiger partial charge in [0, 0.05) is 6.04 Å². The molecule has 1 aliphatic heterocycles. The molecule has 2 heterocycles. The zero-order chi connectivity index (χ0) is 13.8. The van der Waals surface area contributed by atoms with Gasteiger partial charge in [0.1, 0.15) is 0 Å². The van der Waals surface area contributed by atoms with Crippen molar-refractivity contribution < 1.29 is 55.8 Å². The van der Waals surface area contributed by atoms with Gasteiger partial charge in [-0.2, -0.15) is 0 Å². The average Bonchev–Trinajstić information content (AvgIpc) is 2.53. The number of rotatable bonds is 1. The number of hydrogen-bond acceptors (Lipinski definition) is 2. The number of nitrogens with zero attached hydrogens (tertiary/aromatic N) is 3. The van der Waals surface area contributed by atoms with E-state index in [9.17, 15) is 0 Å². The van der Waals surface area contributed by atoms with Crippen LogP contribution in [0, 0.1) is 19.9 Å². The second-order valence-corrected chi connectivity index (χ2v) is 6.55. The fraction of sp³-hybridized carbons (Fsp3) is 0.692. The van der Waals surface area contributed by atoms with Crippen molar-refractivity contribution in [2.24, 2.45) is 0 Å². The van der Waals surface area contributed by atoms with Crippen LogP contribution in [0.4, 0.5) is 4.39 Å². The summed E-state index contributed by atoms with van der Waals surface area (Å²) >= 11 is 2.31. The molecule has 1 aliphatic rings. The quantitative estimate of drug-likeness (QED) is 0.224. The molecular weight excluding hydrogens is 383 g/mol. The van der Waals surface area contributed by atoms with Crippen molar-refractivity contribution in [3.05, 3.63) is 23.3 Å². The second kappa shape index (κ2) is 6.22. The summed E-state index contributed by atoms with van der Waals surface area (Å²) in [7, 11) is 0. The van der Waals surface area contributed by atoms with Gasteiger partial charge in [0.05, 0.1) is 9.87 Å². The van der Waals surface area contributed by atoms with Gasteiger partial charge in [-0.1, -0.05) is 48.2 Å². The van der Waals surface area contributed by atoms with Crippen molar-refractivity contribution in [3.63, 3.8) is 0 Å². The molecule has 0 bridgehead atoms. The SMILES string of the molecule is Cc1nc2n(c1C)[C-](C)C(I)N(C(C)C)C2(C)F.[K+]. The monoisotopic (exact) mass is 403 g/mol. The van der Waals surface area contributed by atoms with Gasteiger partial charge >= 0.3 is 51.4 Å². The summed E-state index contributed by atoms with van der Waals surface area (Å²) < 4.78 is 17.2. The zero-order valence-corrected chi connectivity index (χ0v) is 18.0. The molecule has 0 radical (unpaired) electrons. The molecule has 0 N–H and O–H groups in total. The molecule has 2 unspecified atom stereocenters. The molecule has 0 amide bonds. The van der Waals surface area contributed by atoms with Gasteiger partial charge in [-0.05, 0) is 33.4 Å². The maximum Gasteiger partial charge on any atom is 1.00 e. The summed E-state index contributed by atoms with van der Waals surface area (Å²) in [6.45, 7) is 11.7. The first-order chi connectivity index (χ1) is 8.19. The Balaban J connectivity index is 0.00000180. The van der Waals surface area contributed by atoms with Gasteiger partial charge in [-0.3, -0.25) is 4.90 Å². The molecule has 0 aromatic carbocycles. The summed E-state index contributed by atoms with van der Waals surface area (Å²) in [6, 6.07) is 1.26. The maximum absolute atomic E-state index is 15.2. The first-order valence-electron chi connectivity index (χ1n) is 6.21. The second-order valence-electron chi connectivity index (χ2n) is 5.37. The molecule has 0 spiro atoms. The third-order valence-corrected chi connectivity index (χ3v) is 5.24. The van der Waals surface area contributed by atoms with Crippen LogP contribution in [0.2, 0.25) is 0 Å². The minimum Gasteiger partial charge on any atom is -0.461 e. The van der Waals surface area contributed by atoms with Crippen LogP contribution in [0.15, 0.2) is 0 Å². The van der Waals surface area contributed by atoms with Gasteiger partial charge in [0.25, 0.3) is 0 Å². The Morgan fingerprint density at radius 2 is 1.95 bits per heavy atom. The third kappa shape index (κ3) is 2.83. The molecule has 19 heavy (non-hydrogen) atoms. The average molecular weight is 403 g/mol. The molecule has 0 aliphatic carbocycles. The van der Waals surface area contributed by atoms with E-state index in [1.165, 1.54) is 0 Å². The van der Waals surface area contributed by atoms with Crippen LogP contribution in [-0.4, -0.2) is 24.5 Å². The van der Waals surface area contributed by atoms with Crippen LogP contribution in [-0.2, 0) is 5.79 Å². The smallest absolute Gasteiger partial charge is 0.461 e. The normalized spacial score (nSPS) is 27.4. The Hall–Kier alpha value is 1.34. The Morgan fingerprint density at radius 1 is 1.42 bits per heavy atom. The number of aromatic nitrogens is 2. The van der Waals surface area contributed by atoms with E-state index in [2.05, 4.69) is 34.5 Å². The Labute approximate surface area is 171 Å². The van der Waals surface area contributed by atoms with Gasteiger partial charge in [0.15, 0.2) is 5.79 Å². The van der Waals surface area contributed by atoms with E-state index in [1.807, 2.05) is 37.2 Å². The number of aryl methyl sites for hydroxylation is 1. The first-order valence-corrected chi connectivity index (χ1v) is 7.45. The molecule has 0 saturated carbocycles. The van der Waals surface area contributed by atoms with E-state index < -0.39 is 5.79 Å². The molecule has 102 valence electrons. The van der Waals surface area contributed by atoms with Gasteiger partial charge in [0.2, 0.25) is 0 Å². The fourth-order valence-electron chi connectivity index (χ4n) is 2.73. The van der Waals surface area contributed by atoms with Crippen LogP contribution in [0.25, 0.3) is 0 Å². The summed E-state index contributed by atoms with van der Waals surface area (Å²) in [5, 5.41) is 0. The number of alkyl halides is 2. The molecular formula is C13H20FIKN3. The van der Waals surface area contributed by atoms with Gasteiger partial charge < -0.3 is 9.55 Å². The molecule has 1 aromatic rings. The number of fused-ring (bicyclic) bond motifs is 1. The van der Waals surface area contributed by atoms with E-state index in [0.717, 1.165) is 17.4 Å².